The molecule has 2 N–H and O–H groups in total. The second-order valence-electron chi connectivity index (χ2n) is 4.52. The van der Waals surface area contributed by atoms with Gasteiger partial charge in [-0.1, -0.05) is 0 Å². The Morgan fingerprint density at radius 1 is 1.42 bits per heavy atom. The molecule has 1 aromatic heterocycles. The number of ether oxygens (including phenoxy) is 1. The first-order valence-corrected chi connectivity index (χ1v) is 6.57. The summed E-state index contributed by atoms with van der Waals surface area (Å²) < 4.78 is 4.85. The highest BCUT2D eigenvalue weighted by atomic mass is 32.1. The van der Waals surface area contributed by atoms with Crippen LogP contribution in [0.2, 0.25) is 0 Å². The Kier molecular flexibility index (Phi) is 5.25. The lowest BCUT2D eigenvalue weighted by atomic mass is 10.2. The molecule has 0 aliphatic rings. The Balaban J connectivity index is 2.60. The quantitative estimate of drug-likeness (QED) is 0.654. The van der Waals surface area contributed by atoms with Crippen LogP contribution in [0, 0.1) is 0 Å². The van der Waals surface area contributed by atoms with Gasteiger partial charge in [-0.3, -0.25) is 10.2 Å². The van der Waals surface area contributed by atoms with Crippen molar-refractivity contribution in [2.45, 2.75) is 33.3 Å². The fourth-order valence-electron chi connectivity index (χ4n) is 1.01. The van der Waals surface area contributed by atoms with Crippen molar-refractivity contribution in [2.75, 3.05) is 11.9 Å². The lowest BCUT2D eigenvalue weighted by Crippen LogP contribution is -2.36. The van der Waals surface area contributed by atoms with Crippen LogP contribution in [-0.2, 0) is 9.57 Å². The maximum Gasteiger partial charge on any atom is 0.352 e. The van der Waals surface area contributed by atoms with Gasteiger partial charge in [0.05, 0.1) is 17.7 Å². The Bertz CT molecular complexity index is 453. The van der Waals surface area contributed by atoms with E-state index in [2.05, 4.69) is 15.8 Å². The lowest BCUT2D eigenvalue weighted by molar-refractivity contribution is -0.0505. The van der Waals surface area contributed by atoms with Crippen molar-refractivity contribution in [2.24, 2.45) is 0 Å². The van der Waals surface area contributed by atoms with Crippen LogP contribution >= 0.6 is 11.3 Å². The first-order chi connectivity index (χ1) is 8.83. The van der Waals surface area contributed by atoms with Crippen LogP contribution in [0.25, 0.3) is 0 Å². The minimum absolute atomic E-state index is 0.151. The van der Waals surface area contributed by atoms with Gasteiger partial charge in [0.2, 0.25) is 0 Å². The predicted molar refractivity (Wildman–Crippen MR) is 71.1 cm³/mol. The summed E-state index contributed by atoms with van der Waals surface area (Å²) in [5.41, 5.74) is 3.16. The van der Waals surface area contributed by atoms with E-state index in [1.807, 2.05) is 0 Å². The van der Waals surface area contributed by atoms with Gasteiger partial charge in [-0.25, -0.2) is 20.1 Å². The lowest BCUT2D eigenvalue weighted by Gasteiger charge is -2.18. The molecule has 0 radical (unpaired) electrons. The van der Waals surface area contributed by atoms with Crippen molar-refractivity contribution in [1.82, 2.24) is 10.5 Å². The molecule has 106 valence electrons. The normalized spacial score (nSPS) is 10.9. The van der Waals surface area contributed by atoms with Crippen molar-refractivity contribution in [3.63, 3.8) is 0 Å². The van der Waals surface area contributed by atoms with Gasteiger partial charge in [-0.15, -0.1) is 11.3 Å². The number of rotatable bonds is 4. The van der Waals surface area contributed by atoms with Gasteiger partial charge in [0.1, 0.15) is 0 Å². The van der Waals surface area contributed by atoms with Crippen LogP contribution in [0.3, 0.4) is 0 Å². The number of carbonyl (C=O) groups excluding carboxylic acids is 2. The molecule has 0 saturated heterocycles. The number of thiazole rings is 1. The van der Waals surface area contributed by atoms with Gasteiger partial charge in [0, 0.05) is 0 Å². The summed E-state index contributed by atoms with van der Waals surface area (Å²) in [5, 5.41) is 2.43. The predicted octanol–water partition coefficient (Wildman–Crippen LogP) is 2.17. The average Bonchev–Trinajstić information content (AvgIpc) is 2.74. The summed E-state index contributed by atoms with van der Waals surface area (Å²) in [7, 11) is 0. The summed E-state index contributed by atoms with van der Waals surface area (Å²) in [6.07, 6.45) is 0. The zero-order valence-electron chi connectivity index (χ0n) is 11.3. The number of urea groups is 1. The van der Waals surface area contributed by atoms with E-state index in [0.29, 0.717) is 0 Å². The van der Waals surface area contributed by atoms with Crippen LogP contribution in [0.15, 0.2) is 5.51 Å². The number of amides is 2. The molecule has 2 amide bonds. The van der Waals surface area contributed by atoms with E-state index in [9.17, 15) is 9.59 Å². The molecule has 0 spiro atoms. The molecule has 1 rings (SSSR count). The largest absolute Gasteiger partial charge is 0.462 e. The summed E-state index contributed by atoms with van der Waals surface area (Å²) in [4.78, 5) is 32.3. The van der Waals surface area contributed by atoms with Gasteiger partial charge in [0.15, 0.2) is 10.7 Å². The maximum atomic E-state index is 11.6. The highest BCUT2D eigenvalue weighted by Crippen LogP contribution is 2.19. The molecule has 0 atom stereocenters. The monoisotopic (exact) mass is 287 g/mol. The molecule has 7 nitrogen and oxygen atoms in total. The average molecular weight is 287 g/mol. The summed E-state index contributed by atoms with van der Waals surface area (Å²) in [6.45, 7) is 7.34. The van der Waals surface area contributed by atoms with Gasteiger partial charge < -0.3 is 4.74 Å². The molecule has 0 unspecified atom stereocenters. The van der Waals surface area contributed by atoms with E-state index in [4.69, 9.17) is 9.57 Å². The molecule has 0 fully saturated rings. The Morgan fingerprint density at radius 2 is 2.11 bits per heavy atom. The zero-order chi connectivity index (χ0) is 14.5. The molecule has 19 heavy (non-hydrogen) atoms. The number of hydrogen-bond acceptors (Lipinski definition) is 6. The summed E-state index contributed by atoms with van der Waals surface area (Å²) in [5.74, 6) is -0.365. The molecule has 1 heterocycles. The third-order valence-electron chi connectivity index (χ3n) is 1.71. The molecule has 0 aliphatic carbocycles. The number of nitrogens with one attached hydrogen (secondary N) is 2. The number of anilines is 1. The van der Waals surface area contributed by atoms with Crippen molar-refractivity contribution in [1.29, 1.82) is 0 Å². The minimum Gasteiger partial charge on any atom is -0.462 e. The van der Waals surface area contributed by atoms with Crippen LogP contribution < -0.4 is 10.8 Å². The Labute approximate surface area is 115 Å². The van der Waals surface area contributed by atoms with Crippen LogP contribution in [0.1, 0.15) is 37.4 Å². The first-order valence-electron chi connectivity index (χ1n) is 5.69. The molecular formula is C11H17N3O4S. The fourth-order valence-corrected chi connectivity index (χ4v) is 1.64. The standard InChI is InChI=1S/C11H17N3O4S/c1-5-17-9(15)7-8(12-6-19-7)13-10(16)14-18-11(2,3)4/h6H,5H2,1-4H3,(H2,13,14,16). The number of hydrogen-bond donors (Lipinski definition) is 2. The van der Waals surface area contributed by atoms with Crippen LogP contribution in [0.4, 0.5) is 10.6 Å². The van der Waals surface area contributed by atoms with Crippen molar-refractivity contribution in [3.8, 4) is 0 Å². The Morgan fingerprint density at radius 3 is 2.68 bits per heavy atom. The molecule has 0 bridgehead atoms. The molecule has 0 aliphatic heterocycles. The van der Waals surface area contributed by atoms with Gasteiger partial charge in [-0.05, 0) is 27.7 Å². The third-order valence-corrected chi connectivity index (χ3v) is 2.52. The molecule has 8 heteroatoms. The first kappa shape index (κ1) is 15.4. The molecular weight excluding hydrogens is 270 g/mol. The summed E-state index contributed by atoms with van der Waals surface area (Å²) >= 11 is 1.09. The third kappa shape index (κ3) is 5.23. The summed E-state index contributed by atoms with van der Waals surface area (Å²) in [6, 6.07) is -0.605. The maximum absolute atomic E-state index is 11.6. The number of carbonyl (C=O) groups is 2. The van der Waals surface area contributed by atoms with E-state index in [1.54, 1.807) is 27.7 Å². The van der Waals surface area contributed by atoms with E-state index >= 15 is 0 Å². The number of nitrogens with zero attached hydrogens (tertiary/aromatic N) is 1. The van der Waals surface area contributed by atoms with Gasteiger partial charge >= 0.3 is 12.0 Å². The second-order valence-corrected chi connectivity index (χ2v) is 5.38. The van der Waals surface area contributed by atoms with Crippen molar-refractivity contribution >= 4 is 29.2 Å². The van der Waals surface area contributed by atoms with E-state index in [0.717, 1.165) is 11.3 Å². The van der Waals surface area contributed by atoms with E-state index in [-0.39, 0.29) is 17.3 Å². The minimum atomic E-state index is -0.605. The number of aromatic nitrogens is 1. The van der Waals surface area contributed by atoms with Crippen molar-refractivity contribution in [3.05, 3.63) is 10.4 Å². The fraction of sp³-hybridized carbons (Fsp3) is 0.545. The highest BCUT2D eigenvalue weighted by Gasteiger charge is 2.19. The number of hydroxylamine groups is 1. The van der Waals surface area contributed by atoms with Crippen molar-refractivity contribution < 1.29 is 19.2 Å². The second kappa shape index (κ2) is 6.48. The SMILES string of the molecule is CCOC(=O)c1scnc1NC(=O)NOC(C)(C)C. The number of esters is 1. The smallest absolute Gasteiger partial charge is 0.352 e. The highest BCUT2D eigenvalue weighted by molar-refractivity contribution is 7.12. The molecule has 1 aromatic rings. The topological polar surface area (TPSA) is 89.5 Å². The van der Waals surface area contributed by atoms with E-state index in [1.165, 1.54) is 5.51 Å². The van der Waals surface area contributed by atoms with Gasteiger partial charge in [0.25, 0.3) is 0 Å². The van der Waals surface area contributed by atoms with Gasteiger partial charge in [-0.2, -0.15) is 0 Å². The molecule has 0 saturated carbocycles. The van der Waals surface area contributed by atoms with E-state index < -0.39 is 17.6 Å². The Hall–Kier alpha value is -1.67. The zero-order valence-corrected chi connectivity index (χ0v) is 12.1. The van der Waals surface area contributed by atoms with Crippen LogP contribution in [-0.4, -0.2) is 29.2 Å². The molecule has 0 aromatic carbocycles. The van der Waals surface area contributed by atoms with Crippen LogP contribution in [0.5, 0.6) is 0 Å².